The van der Waals surface area contributed by atoms with Crippen LogP contribution in [0.1, 0.15) is 18.7 Å². The number of nitrogens with zero attached hydrogens (tertiary/aromatic N) is 2. The molecular weight excluding hydrogens is 273 g/mol. The van der Waals surface area contributed by atoms with Gasteiger partial charge >= 0.3 is 0 Å². The SMILES string of the molecule is Fc1ccccc1-c1nc(CNCC2CCC=CO2)no1. The second kappa shape index (κ2) is 6.49. The van der Waals surface area contributed by atoms with Gasteiger partial charge in [-0.2, -0.15) is 4.98 Å². The number of aromatic nitrogens is 2. The van der Waals surface area contributed by atoms with Crippen LogP contribution in [0.2, 0.25) is 0 Å². The predicted molar refractivity (Wildman–Crippen MR) is 74.6 cm³/mol. The molecule has 0 saturated heterocycles. The highest BCUT2D eigenvalue weighted by Gasteiger charge is 2.14. The Morgan fingerprint density at radius 1 is 1.33 bits per heavy atom. The number of halogens is 1. The molecule has 1 atom stereocenters. The minimum atomic E-state index is -0.372. The van der Waals surface area contributed by atoms with E-state index in [4.69, 9.17) is 9.26 Å². The molecular formula is C15H16FN3O2. The third-order valence-electron chi connectivity index (χ3n) is 3.25. The number of hydrogen-bond donors (Lipinski definition) is 1. The van der Waals surface area contributed by atoms with Crippen molar-refractivity contribution >= 4 is 0 Å². The van der Waals surface area contributed by atoms with E-state index >= 15 is 0 Å². The smallest absolute Gasteiger partial charge is 0.260 e. The molecule has 3 rings (SSSR count). The molecule has 1 unspecified atom stereocenters. The van der Waals surface area contributed by atoms with Crippen LogP contribution in [-0.4, -0.2) is 22.8 Å². The van der Waals surface area contributed by atoms with Gasteiger partial charge in [0.25, 0.3) is 5.89 Å². The molecule has 1 aromatic heterocycles. The molecule has 21 heavy (non-hydrogen) atoms. The van der Waals surface area contributed by atoms with Crippen molar-refractivity contribution in [2.45, 2.75) is 25.5 Å². The van der Waals surface area contributed by atoms with E-state index in [9.17, 15) is 4.39 Å². The fourth-order valence-electron chi connectivity index (χ4n) is 2.15. The molecule has 0 radical (unpaired) electrons. The van der Waals surface area contributed by atoms with Crippen molar-refractivity contribution in [3.8, 4) is 11.5 Å². The zero-order valence-electron chi connectivity index (χ0n) is 11.5. The summed E-state index contributed by atoms with van der Waals surface area (Å²) in [6.07, 6.45) is 5.95. The molecule has 110 valence electrons. The summed E-state index contributed by atoms with van der Waals surface area (Å²) in [5.74, 6) is 0.324. The molecule has 1 aliphatic heterocycles. The summed E-state index contributed by atoms with van der Waals surface area (Å²) in [7, 11) is 0. The number of allylic oxidation sites excluding steroid dienone is 1. The number of benzene rings is 1. The number of nitrogens with one attached hydrogen (secondary N) is 1. The average Bonchev–Trinajstić information content (AvgIpc) is 2.97. The molecule has 2 aromatic rings. The van der Waals surface area contributed by atoms with Gasteiger partial charge in [0.15, 0.2) is 5.82 Å². The Morgan fingerprint density at radius 3 is 3.05 bits per heavy atom. The number of hydrogen-bond acceptors (Lipinski definition) is 5. The first kappa shape index (κ1) is 13.8. The van der Waals surface area contributed by atoms with E-state index in [2.05, 4.69) is 15.5 Å². The second-order valence-electron chi connectivity index (χ2n) is 4.83. The van der Waals surface area contributed by atoms with Gasteiger partial charge in [0.1, 0.15) is 11.9 Å². The van der Waals surface area contributed by atoms with Gasteiger partial charge in [-0.25, -0.2) is 4.39 Å². The maximum Gasteiger partial charge on any atom is 0.260 e. The van der Waals surface area contributed by atoms with Gasteiger partial charge in [0, 0.05) is 6.54 Å². The van der Waals surface area contributed by atoms with Crippen LogP contribution < -0.4 is 5.32 Å². The first-order valence-corrected chi connectivity index (χ1v) is 6.91. The normalized spacial score (nSPS) is 17.7. The second-order valence-corrected chi connectivity index (χ2v) is 4.83. The lowest BCUT2D eigenvalue weighted by molar-refractivity contribution is 0.122. The molecule has 2 heterocycles. The highest BCUT2D eigenvalue weighted by atomic mass is 19.1. The van der Waals surface area contributed by atoms with Crippen LogP contribution in [0.5, 0.6) is 0 Å². The Morgan fingerprint density at radius 2 is 2.24 bits per heavy atom. The van der Waals surface area contributed by atoms with Gasteiger partial charge in [-0.3, -0.25) is 0 Å². The lowest BCUT2D eigenvalue weighted by Crippen LogP contribution is -2.29. The summed E-state index contributed by atoms with van der Waals surface area (Å²) in [5, 5.41) is 7.06. The lowest BCUT2D eigenvalue weighted by Gasteiger charge is -2.19. The third kappa shape index (κ3) is 3.46. The fourth-order valence-corrected chi connectivity index (χ4v) is 2.15. The Hall–Kier alpha value is -2.21. The van der Waals surface area contributed by atoms with Crippen LogP contribution in [-0.2, 0) is 11.3 Å². The summed E-state index contributed by atoms with van der Waals surface area (Å²) in [4.78, 5) is 4.19. The van der Waals surface area contributed by atoms with Gasteiger partial charge in [-0.1, -0.05) is 17.3 Å². The molecule has 1 aromatic carbocycles. The molecule has 1 aliphatic rings. The molecule has 1 N–H and O–H groups in total. The van der Waals surface area contributed by atoms with Crippen molar-refractivity contribution in [2.24, 2.45) is 0 Å². The topological polar surface area (TPSA) is 60.2 Å². The van der Waals surface area contributed by atoms with E-state index in [0.717, 1.165) is 12.8 Å². The Kier molecular flexibility index (Phi) is 4.25. The molecule has 0 saturated carbocycles. The van der Waals surface area contributed by atoms with Crippen LogP contribution in [0.4, 0.5) is 4.39 Å². The number of ether oxygens (including phenoxy) is 1. The quantitative estimate of drug-likeness (QED) is 0.917. The molecule has 0 amide bonds. The fraction of sp³-hybridized carbons (Fsp3) is 0.333. The molecule has 0 spiro atoms. The van der Waals surface area contributed by atoms with Crippen LogP contribution in [0.15, 0.2) is 41.1 Å². The standard InChI is InChI=1S/C15H16FN3O2/c16-13-7-2-1-6-12(13)15-18-14(19-21-15)10-17-9-11-5-3-4-8-20-11/h1-2,4,6-8,11,17H,3,5,9-10H2. The maximum atomic E-state index is 13.6. The first-order valence-electron chi connectivity index (χ1n) is 6.91. The minimum Gasteiger partial charge on any atom is -0.497 e. The Balaban J connectivity index is 1.56. The average molecular weight is 289 g/mol. The van der Waals surface area contributed by atoms with Gasteiger partial charge in [0.05, 0.1) is 18.4 Å². The van der Waals surface area contributed by atoms with Crippen molar-refractivity contribution < 1.29 is 13.7 Å². The largest absolute Gasteiger partial charge is 0.497 e. The minimum absolute atomic E-state index is 0.174. The van der Waals surface area contributed by atoms with Crippen molar-refractivity contribution in [1.82, 2.24) is 15.5 Å². The van der Waals surface area contributed by atoms with E-state index in [1.807, 2.05) is 6.08 Å². The van der Waals surface area contributed by atoms with Gasteiger partial charge < -0.3 is 14.6 Å². The van der Waals surface area contributed by atoms with Crippen molar-refractivity contribution in [3.63, 3.8) is 0 Å². The van der Waals surface area contributed by atoms with Crippen LogP contribution >= 0.6 is 0 Å². The lowest BCUT2D eigenvalue weighted by atomic mass is 10.1. The van der Waals surface area contributed by atoms with Gasteiger partial charge in [-0.15, -0.1) is 0 Å². The van der Waals surface area contributed by atoms with Crippen molar-refractivity contribution in [1.29, 1.82) is 0 Å². The predicted octanol–water partition coefficient (Wildman–Crippen LogP) is 2.66. The molecule has 0 fully saturated rings. The van der Waals surface area contributed by atoms with E-state index < -0.39 is 0 Å². The van der Waals surface area contributed by atoms with E-state index in [1.54, 1.807) is 24.5 Å². The van der Waals surface area contributed by atoms with E-state index in [1.165, 1.54) is 6.07 Å². The summed E-state index contributed by atoms with van der Waals surface area (Å²) in [5.41, 5.74) is 0.317. The van der Waals surface area contributed by atoms with Gasteiger partial charge in [0.2, 0.25) is 0 Å². The molecule has 5 nitrogen and oxygen atoms in total. The van der Waals surface area contributed by atoms with E-state index in [0.29, 0.717) is 24.5 Å². The summed E-state index contributed by atoms with van der Waals surface area (Å²) < 4.78 is 24.2. The Bertz CT molecular complexity index is 627. The molecule has 6 heteroatoms. The van der Waals surface area contributed by atoms with Crippen LogP contribution in [0.25, 0.3) is 11.5 Å². The van der Waals surface area contributed by atoms with Crippen molar-refractivity contribution in [3.05, 3.63) is 48.2 Å². The van der Waals surface area contributed by atoms with Crippen LogP contribution in [0.3, 0.4) is 0 Å². The van der Waals surface area contributed by atoms with E-state index in [-0.39, 0.29) is 17.8 Å². The van der Waals surface area contributed by atoms with Crippen LogP contribution in [0, 0.1) is 5.82 Å². The van der Waals surface area contributed by atoms with Crippen molar-refractivity contribution in [2.75, 3.05) is 6.54 Å². The third-order valence-corrected chi connectivity index (χ3v) is 3.25. The highest BCUT2D eigenvalue weighted by molar-refractivity contribution is 5.53. The first-order chi connectivity index (χ1) is 10.3. The Labute approximate surface area is 121 Å². The number of rotatable bonds is 5. The zero-order valence-corrected chi connectivity index (χ0v) is 11.5. The molecule has 0 bridgehead atoms. The summed E-state index contributed by atoms with van der Waals surface area (Å²) >= 11 is 0. The summed E-state index contributed by atoms with van der Waals surface area (Å²) in [6.45, 7) is 1.18. The monoisotopic (exact) mass is 289 g/mol. The maximum absolute atomic E-state index is 13.6. The highest BCUT2D eigenvalue weighted by Crippen LogP contribution is 2.20. The molecule has 0 aliphatic carbocycles. The summed E-state index contributed by atoms with van der Waals surface area (Å²) in [6, 6.07) is 6.33. The zero-order chi connectivity index (χ0) is 14.5. The van der Waals surface area contributed by atoms with Gasteiger partial charge in [-0.05, 0) is 31.1 Å².